The molecule has 0 aliphatic rings. The molecule has 134 valence electrons. The molecule has 0 spiro atoms. The van der Waals surface area contributed by atoms with E-state index in [1.165, 1.54) is 32.1 Å². The smallest absolute Gasteiger partial charge is 0.240 e. The van der Waals surface area contributed by atoms with Crippen LogP contribution >= 0.6 is 0 Å². The zero-order chi connectivity index (χ0) is 17.5. The topological polar surface area (TPSA) is 50.7 Å². The molecule has 0 saturated heterocycles. The average Bonchev–Trinajstić information content (AvgIpc) is 2.60. The lowest BCUT2D eigenvalue weighted by Crippen LogP contribution is -2.17. The molecule has 0 heterocycles. The van der Waals surface area contributed by atoms with Gasteiger partial charge in [0.15, 0.2) is 0 Å². The number of rotatable bonds is 13. The van der Waals surface area contributed by atoms with Gasteiger partial charge in [-0.1, -0.05) is 64.5 Å². The van der Waals surface area contributed by atoms with Crippen molar-refractivity contribution in [2.75, 3.05) is 6.61 Å². The fraction of sp³-hybridized carbons (Fsp3) is 0.600. The Labute approximate surface area is 146 Å². The van der Waals surface area contributed by atoms with Gasteiger partial charge >= 0.3 is 0 Å². The van der Waals surface area contributed by atoms with Crippen LogP contribution < -0.4 is 10.2 Å². The first-order valence-corrected chi connectivity index (χ1v) is 9.31. The van der Waals surface area contributed by atoms with Crippen LogP contribution in [0.25, 0.3) is 0 Å². The molecule has 0 saturated carbocycles. The number of hydrazone groups is 1. The van der Waals surface area contributed by atoms with Crippen LogP contribution in [0.2, 0.25) is 0 Å². The fourth-order valence-electron chi connectivity index (χ4n) is 2.37. The van der Waals surface area contributed by atoms with E-state index in [2.05, 4.69) is 24.4 Å². The summed E-state index contributed by atoms with van der Waals surface area (Å²) in [6, 6.07) is 7.76. The lowest BCUT2D eigenvalue weighted by Gasteiger charge is -2.08. The van der Waals surface area contributed by atoms with Crippen LogP contribution in [0.4, 0.5) is 0 Å². The Morgan fingerprint density at radius 1 is 1.04 bits per heavy atom. The number of nitrogens with one attached hydrogen (secondary N) is 1. The van der Waals surface area contributed by atoms with Crippen molar-refractivity contribution >= 4 is 12.1 Å². The Kier molecular flexibility index (Phi) is 11.4. The van der Waals surface area contributed by atoms with Crippen LogP contribution in [0.3, 0.4) is 0 Å². The van der Waals surface area contributed by atoms with Gasteiger partial charge in [-0.15, -0.1) is 0 Å². The highest BCUT2D eigenvalue weighted by Gasteiger charge is 2.02. The van der Waals surface area contributed by atoms with E-state index in [1.807, 2.05) is 24.3 Å². The standard InChI is InChI=1S/C20H32N2O2/c1-3-5-7-8-9-15-20(23)22-21-17-18-13-10-11-14-19(18)24-16-12-6-4-2/h10-11,13-14,17H,3-9,12,15-16H2,1-2H3,(H,22,23)/b21-17+. The Bertz CT molecular complexity index is 486. The van der Waals surface area contributed by atoms with Crippen LogP contribution in [0.5, 0.6) is 5.75 Å². The number of carbonyl (C=O) groups excluding carboxylic acids is 1. The normalized spacial score (nSPS) is 10.9. The van der Waals surface area contributed by atoms with E-state index in [0.29, 0.717) is 13.0 Å². The highest BCUT2D eigenvalue weighted by atomic mass is 16.5. The van der Waals surface area contributed by atoms with E-state index in [9.17, 15) is 4.79 Å². The SMILES string of the molecule is CCCCCCCC(=O)N/N=C/c1ccccc1OCCCCC. The fourth-order valence-corrected chi connectivity index (χ4v) is 2.37. The summed E-state index contributed by atoms with van der Waals surface area (Å²) in [5, 5.41) is 4.06. The van der Waals surface area contributed by atoms with Crippen molar-refractivity contribution in [3.63, 3.8) is 0 Å². The molecule has 1 amide bonds. The Hall–Kier alpha value is -1.84. The molecule has 1 aromatic carbocycles. The highest BCUT2D eigenvalue weighted by molar-refractivity contribution is 5.85. The molecule has 0 unspecified atom stereocenters. The van der Waals surface area contributed by atoms with Crippen molar-refractivity contribution in [2.45, 2.75) is 71.6 Å². The van der Waals surface area contributed by atoms with Gasteiger partial charge in [-0.05, 0) is 25.0 Å². The van der Waals surface area contributed by atoms with Gasteiger partial charge in [0, 0.05) is 12.0 Å². The maximum absolute atomic E-state index is 11.7. The quantitative estimate of drug-likeness (QED) is 0.311. The molecule has 4 heteroatoms. The number of nitrogens with zero attached hydrogens (tertiary/aromatic N) is 1. The molecule has 0 aromatic heterocycles. The molecule has 4 nitrogen and oxygen atoms in total. The van der Waals surface area contributed by atoms with Crippen LogP contribution in [-0.2, 0) is 4.79 Å². The predicted molar refractivity (Wildman–Crippen MR) is 101 cm³/mol. The summed E-state index contributed by atoms with van der Waals surface area (Å²) < 4.78 is 5.80. The van der Waals surface area contributed by atoms with E-state index in [1.54, 1.807) is 6.21 Å². The lowest BCUT2D eigenvalue weighted by atomic mass is 10.1. The number of carbonyl (C=O) groups is 1. The average molecular weight is 332 g/mol. The zero-order valence-electron chi connectivity index (χ0n) is 15.2. The number of para-hydroxylation sites is 1. The summed E-state index contributed by atoms with van der Waals surface area (Å²) in [4.78, 5) is 11.7. The third kappa shape index (κ3) is 9.33. The van der Waals surface area contributed by atoms with Crippen molar-refractivity contribution in [2.24, 2.45) is 5.10 Å². The van der Waals surface area contributed by atoms with Gasteiger partial charge in [-0.25, -0.2) is 5.43 Å². The Morgan fingerprint density at radius 2 is 1.75 bits per heavy atom. The first kappa shape index (κ1) is 20.2. The van der Waals surface area contributed by atoms with Crippen LogP contribution in [0.1, 0.15) is 77.2 Å². The summed E-state index contributed by atoms with van der Waals surface area (Å²) in [6.45, 7) is 5.07. The number of ether oxygens (including phenoxy) is 1. The van der Waals surface area contributed by atoms with E-state index >= 15 is 0 Å². The molecule has 0 aliphatic carbocycles. The second-order valence-corrected chi connectivity index (χ2v) is 6.05. The molecule has 1 aromatic rings. The Morgan fingerprint density at radius 3 is 2.54 bits per heavy atom. The number of benzene rings is 1. The van der Waals surface area contributed by atoms with Crippen LogP contribution in [0, 0.1) is 0 Å². The van der Waals surface area contributed by atoms with E-state index < -0.39 is 0 Å². The first-order chi connectivity index (χ1) is 11.8. The number of hydrogen-bond acceptors (Lipinski definition) is 3. The molecule has 24 heavy (non-hydrogen) atoms. The zero-order valence-corrected chi connectivity index (χ0v) is 15.2. The van der Waals surface area contributed by atoms with E-state index in [0.717, 1.165) is 30.6 Å². The van der Waals surface area contributed by atoms with E-state index in [4.69, 9.17) is 4.74 Å². The maximum Gasteiger partial charge on any atom is 0.240 e. The van der Waals surface area contributed by atoms with Gasteiger partial charge in [0.05, 0.1) is 12.8 Å². The summed E-state index contributed by atoms with van der Waals surface area (Å²) in [7, 11) is 0. The monoisotopic (exact) mass is 332 g/mol. The lowest BCUT2D eigenvalue weighted by molar-refractivity contribution is -0.121. The van der Waals surface area contributed by atoms with Crippen molar-refractivity contribution in [1.29, 1.82) is 0 Å². The number of hydrogen-bond donors (Lipinski definition) is 1. The van der Waals surface area contributed by atoms with Gasteiger partial charge in [-0.3, -0.25) is 4.79 Å². The van der Waals surface area contributed by atoms with Gasteiger partial charge in [0.25, 0.3) is 0 Å². The molecule has 0 fully saturated rings. The number of unbranched alkanes of at least 4 members (excludes halogenated alkanes) is 6. The third-order valence-electron chi connectivity index (χ3n) is 3.82. The minimum Gasteiger partial charge on any atom is -0.493 e. The van der Waals surface area contributed by atoms with Crippen LogP contribution in [0.15, 0.2) is 29.4 Å². The minimum atomic E-state index is -0.0240. The largest absolute Gasteiger partial charge is 0.493 e. The summed E-state index contributed by atoms with van der Waals surface area (Å²) in [5.74, 6) is 0.787. The molecule has 0 atom stereocenters. The van der Waals surface area contributed by atoms with Gasteiger partial charge < -0.3 is 4.74 Å². The van der Waals surface area contributed by atoms with Crippen molar-refractivity contribution in [1.82, 2.24) is 5.43 Å². The molecule has 1 rings (SSSR count). The molecule has 0 aliphatic heterocycles. The molecular weight excluding hydrogens is 300 g/mol. The van der Waals surface area contributed by atoms with E-state index in [-0.39, 0.29) is 5.91 Å². The van der Waals surface area contributed by atoms with Gasteiger partial charge in [-0.2, -0.15) is 5.10 Å². The molecule has 1 N–H and O–H groups in total. The minimum absolute atomic E-state index is 0.0240. The van der Waals surface area contributed by atoms with Gasteiger partial charge in [0.1, 0.15) is 5.75 Å². The van der Waals surface area contributed by atoms with Gasteiger partial charge in [0.2, 0.25) is 5.91 Å². The van der Waals surface area contributed by atoms with Crippen molar-refractivity contribution in [3.05, 3.63) is 29.8 Å². The first-order valence-electron chi connectivity index (χ1n) is 9.31. The van der Waals surface area contributed by atoms with Crippen molar-refractivity contribution in [3.8, 4) is 5.75 Å². The summed E-state index contributed by atoms with van der Waals surface area (Å²) >= 11 is 0. The predicted octanol–water partition coefficient (Wildman–Crippen LogP) is 5.07. The van der Waals surface area contributed by atoms with Crippen LogP contribution in [-0.4, -0.2) is 18.7 Å². The summed E-state index contributed by atoms with van der Waals surface area (Å²) in [6.07, 6.45) is 11.3. The highest BCUT2D eigenvalue weighted by Crippen LogP contribution is 2.16. The maximum atomic E-state index is 11.7. The second-order valence-electron chi connectivity index (χ2n) is 6.05. The molecule has 0 radical (unpaired) electrons. The molecular formula is C20H32N2O2. The molecule has 0 bridgehead atoms. The van der Waals surface area contributed by atoms with Crippen molar-refractivity contribution < 1.29 is 9.53 Å². The third-order valence-corrected chi connectivity index (χ3v) is 3.82. The second kappa shape index (κ2) is 13.6. The number of amides is 1. The Balaban J connectivity index is 2.34. The summed E-state index contributed by atoms with van der Waals surface area (Å²) in [5.41, 5.74) is 3.49.